The summed E-state index contributed by atoms with van der Waals surface area (Å²) in [6.07, 6.45) is 2.38. The van der Waals surface area contributed by atoms with Crippen molar-refractivity contribution in [2.45, 2.75) is 44.8 Å². The third-order valence-electron chi connectivity index (χ3n) is 1.72. The molecule has 0 saturated heterocycles. The van der Waals surface area contributed by atoms with Crippen LogP contribution in [0.3, 0.4) is 0 Å². The van der Waals surface area contributed by atoms with E-state index in [2.05, 4.69) is 0 Å². The van der Waals surface area contributed by atoms with Gasteiger partial charge in [0.15, 0.2) is 0 Å². The molecule has 0 heterocycles. The smallest absolute Gasteiger partial charge is 0.0849 e. The van der Waals surface area contributed by atoms with Crippen LogP contribution in [0.1, 0.15) is 33.1 Å². The van der Waals surface area contributed by atoms with Crippen molar-refractivity contribution in [3.8, 4) is 0 Å². The SMILES string of the molecule is CC(N)CCCC(C)(O)CO. The van der Waals surface area contributed by atoms with Crippen molar-refractivity contribution in [3.05, 3.63) is 0 Å². The lowest BCUT2D eigenvalue weighted by Crippen LogP contribution is -2.29. The van der Waals surface area contributed by atoms with Crippen LogP contribution in [0.5, 0.6) is 0 Å². The van der Waals surface area contributed by atoms with Gasteiger partial charge in [-0.15, -0.1) is 0 Å². The Morgan fingerprint density at radius 2 is 2.09 bits per heavy atom. The molecule has 0 aliphatic rings. The molecular weight excluding hydrogens is 142 g/mol. The van der Waals surface area contributed by atoms with Gasteiger partial charge in [-0.2, -0.15) is 0 Å². The summed E-state index contributed by atoms with van der Waals surface area (Å²) in [5.74, 6) is 0. The highest BCUT2D eigenvalue weighted by atomic mass is 16.3. The molecule has 11 heavy (non-hydrogen) atoms. The predicted molar refractivity (Wildman–Crippen MR) is 45.2 cm³/mol. The van der Waals surface area contributed by atoms with E-state index in [1.54, 1.807) is 6.92 Å². The Kier molecular flexibility index (Phi) is 4.65. The van der Waals surface area contributed by atoms with Gasteiger partial charge in [0.05, 0.1) is 12.2 Å². The fourth-order valence-electron chi connectivity index (χ4n) is 0.884. The first kappa shape index (κ1) is 10.9. The van der Waals surface area contributed by atoms with E-state index in [0.29, 0.717) is 6.42 Å². The van der Waals surface area contributed by atoms with E-state index in [1.165, 1.54) is 0 Å². The summed E-state index contributed by atoms with van der Waals surface area (Å²) < 4.78 is 0. The van der Waals surface area contributed by atoms with E-state index in [1.807, 2.05) is 6.92 Å². The van der Waals surface area contributed by atoms with Gasteiger partial charge in [-0.3, -0.25) is 0 Å². The molecule has 3 heteroatoms. The van der Waals surface area contributed by atoms with Crippen LogP contribution in [0.15, 0.2) is 0 Å². The van der Waals surface area contributed by atoms with Crippen molar-refractivity contribution < 1.29 is 10.2 Å². The lowest BCUT2D eigenvalue weighted by Gasteiger charge is -2.20. The molecule has 0 bridgehead atoms. The van der Waals surface area contributed by atoms with E-state index in [0.717, 1.165) is 12.8 Å². The van der Waals surface area contributed by atoms with Crippen LogP contribution in [0.25, 0.3) is 0 Å². The Morgan fingerprint density at radius 3 is 2.45 bits per heavy atom. The van der Waals surface area contributed by atoms with Crippen LogP contribution in [0.4, 0.5) is 0 Å². The molecule has 3 nitrogen and oxygen atoms in total. The zero-order chi connectivity index (χ0) is 8.91. The zero-order valence-electron chi connectivity index (χ0n) is 7.38. The van der Waals surface area contributed by atoms with E-state index in [-0.39, 0.29) is 12.6 Å². The topological polar surface area (TPSA) is 66.5 Å². The van der Waals surface area contributed by atoms with Gasteiger partial charge in [0.1, 0.15) is 0 Å². The molecule has 0 aromatic heterocycles. The Hall–Kier alpha value is -0.120. The average Bonchev–Trinajstić information content (AvgIpc) is 1.87. The molecule has 0 rings (SSSR count). The van der Waals surface area contributed by atoms with Crippen LogP contribution in [-0.2, 0) is 0 Å². The van der Waals surface area contributed by atoms with Crippen molar-refractivity contribution in [1.82, 2.24) is 0 Å². The van der Waals surface area contributed by atoms with Gasteiger partial charge in [0, 0.05) is 6.04 Å². The molecule has 0 aliphatic heterocycles. The van der Waals surface area contributed by atoms with Crippen LogP contribution in [0, 0.1) is 0 Å². The molecule has 0 amide bonds. The fourth-order valence-corrected chi connectivity index (χ4v) is 0.884. The quantitative estimate of drug-likeness (QED) is 0.541. The summed E-state index contributed by atoms with van der Waals surface area (Å²) in [5, 5.41) is 18.0. The minimum absolute atomic E-state index is 0.175. The lowest BCUT2D eigenvalue weighted by atomic mass is 9.99. The molecule has 68 valence electrons. The largest absolute Gasteiger partial charge is 0.393 e. The van der Waals surface area contributed by atoms with Crippen LogP contribution < -0.4 is 5.73 Å². The molecular formula is C8H19NO2. The van der Waals surface area contributed by atoms with Gasteiger partial charge >= 0.3 is 0 Å². The second-order valence-corrected chi connectivity index (χ2v) is 3.52. The van der Waals surface area contributed by atoms with Gasteiger partial charge in [-0.25, -0.2) is 0 Å². The Bertz CT molecular complexity index is 102. The van der Waals surface area contributed by atoms with E-state index in [4.69, 9.17) is 10.8 Å². The van der Waals surface area contributed by atoms with Gasteiger partial charge in [0.2, 0.25) is 0 Å². The van der Waals surface area contributed by atoms with Gasteiger partial charge in [0.25, 0.3) is 0 Å². The molecule has 0 spiro atoms. The summed E-state index contributed by atoms with van der Waals surface area (Å²) in [7, 11) is 0. The Morgan fingerprint density at radius 1 is 1.55 bits per heavy atom. The average molecular weight is 161 g/mol. The molecule has 0 fully saturated rings. The van der Waals surface area contributed by atoms with Gasteiger partial charge < -0.3 is 15.9 Å². The number of hydrogen-bond donors (Lipinski definition) is 3. The van der Waals surface area contributed by atoms with Crippen molar-refractivity contribution in [2.24, 2.45) is 5.73 Å². The summed E-state index contributed by atoms with van der Waals surface area (Å²) in [5.41, 5.74) is 4.60. The number of aliphatic hydroxyl groups is 2. The van der Waals surface area contributed by atoms with Crippen molar-refractivity contribution in [1.29, 1.82) is 0 Å². The molecule has 0 aromatic rings. The number of nitrogens with two attached hydrogens (primary N) is 1. The maximum absolute atomic E-state index is 9.35. The van der Waals surface area contributed by atoms with Crippen LogP contribution >= 0.6 is 0 Å². The third-order valence-corrected chi connectivity index (χ3v) is 1.72. The molecule has 2 atom stereocenters. The highest BCUT2D eigenvalue weighted by Crippen LogP contribution is 2.12. The van der Waals surface area contributed by atoms with Crippen molar-refractivity contribution in [3.63, 3.8) is 0 Å². The summed E-state index contributed by atoms with van der Waals surface area (Å²) in [4.78, 5) is 0. The molecule has 0 saturated carbocycles. The monoisotopic (exact) mass is 161 g/mol. The fraction of sp³-hybridized carbons (Fsp3) is 1.00. The Labute approximate surface area is 68.2 Å². The summed E-state index contributed by atoms with van der Waals surface area (Å²) in [6, 6.07) is 0.185. The Balaban J connectivity index is 3.38. The maximum Gasteiger partial charge on any atom is 0.0849 e. The predicted octanol–water partition coefficient (Wildman–Crippen LogP) is 0.247. The zero-order valence-corrected chi connectivity index (χ0v) is 7.38. The molecule has 2 unspecified atom stereocenters. The normalized spacial score (nSPS) is 19.4. The first-order chi connectivity index (χ1) is 4.98. The van der Waals surface area contributed by atoms with Crippen LogP contribution in [0.2, 0.25) is 0 Å². The molecule has 0 radical (unpaired) electrons. The molecule has 0 aromatic carbocycles. The summed E-state index contributed by atoms with van der Waals surface area (Å²) >= 11 is 0. The van der Waals surface area contributed by atoms with Crippen molar-refractivity contribution >= 4 is 0 Å². The number of aliphatic hydroxyl groups excluding tert-OH is 1. The first-order valence-electron chi connectivity index (χ1n) is 4.07. The summed E-state index contributed by atoms with van der Waals surface area (Å²) in [6.45, 7) is 3.40. The standard InChI is InChI=1S/C8H19NO2/c1-7(9)4-3-5-8(2,11)6-10/h7,10-11H,3-6,9H2,1-2H3. The van der Waals surface area contributed by atoms with Crippen LogP contribution in [-0.4, -0.2) is 28.5 Å². The molecule has 0 aliphatic carbocycles. The van der Waals surface area contributed by atoms with E-state index < -0.39 is 5.60 Å². The lowest BCUT2D eigenvalue weighted by molar-refractivity contribution is -0.00705. The van der Waals surface area contributed by atoms with Crippen molar-refractivity contribution in [2.75, 3.05) is 6.61 Å². The van der Waals surface area contributed by atoms with Gasteiger partial charge in [-0.1, -0.05) is 0 Å². The second kappa shape index (κ2) is 4.70. The van der Waals surface area contributed by atoms with E-state index in [9.17, 15) is 5.11 Å². The minimum Gasteiger partial charge on any atom is -0.393 e. The third kappa shape index (κ3) is 6.28. The molecule has 4 N–H and O–H groups in total. The number of hydrogen-bond acceptors (Lipinski definition) is 3. The minimum atomic E-state index is -0.922. The van der Waals surface area contributed by atoms with E-state index >= 15 is 0 Å². The highest BCUT2D eigenvalue weighted by Gasteiger charge is 2.17. The second-order valence-electron chi connectivity index (χ2n) is 3.52. The first-order valence-corrected chi connectivity index (χ1v) is 4.07. The maximum atomic E-state index is 9.35. The highest BCUT2D eigenvalue weighted by molar-refractivity contribution is 4.71. The van der Waals surface area contributed by atoms with Gasteiger partial charge in [-0.05, 0) is 33.1 Å². The number of rotatable bonds is 5.